The third kappa shape index (κ3) is 6.76. The molecule has 3 rings (SSSR count). The van der Waals surface area contributed by atoms with Gasteiger partial charge in [0.1, 0.15) is 10.6 Å². The lowest BCUT2D eigenvalue weighted by atomic mass is 10.2. The Bertz CT molecular complexity index is 982. The highest BCUT2D eigenvalue weighted by Gasteiger charge is 2.25. The van der Waals surface area contributed by atoms with Gasteiger partial charge in [-0.05, 0) is 30.7 Å². The lowest BCUT2D eigenvalue weighted by Crippen LogP contribution is -2.47. The van der Waals surface area contributed by atoms with E-state index in [0.717, 1.165) is 13.1 Å². The van der Waals surface area contributed by atoms with E-state index < -0.39 is 10.0 Å². The number of nitrogens with one attached hydrogen (secondary N) is 2. The van der Waals surface area contributed by atoms with Gasteiger partial charge < -0.3 is 14.8 Å². The monoisotopic (exact) mass is 447 g/mol. The van der Waals surface area contributed by atoms with Gasteiger partial charge in [-0.1, -0.05) is 30.3 Å². The molecule has 2 aromatic rings. The molecule has 1 heterocycles. The first-order valence-corrected chi connectivity index (χ1v) is 11.8. The summed E-state index contributed by atoms with van der Waals surface area (Å²) in [5, 5.41) is 2.60. The van der Waals surface area contributed by atoms with Crippen LogP contribution in [-0.4, -0.2) is 58.2 Å². The number of nitrogens with zero attached hydrogens (tertiary/aromatic N) is 1. The fourth-order valence-electron chi connectivity index (χ4n) is 3.44. The number of morpholine rings is 1. The van der Waals surface area contributed by atoms with Crippen molar-refractivity contribution in [2.75, 3.05) is 38.2 Å². The summed E-state index contributed by atoms with van der Waals surface area (Å²) in [6.45, 7) is 6.37. The van der Waals surface area contributed by atoms with Crippen molar-refractivity contribution < 1.29 is 22.7 Å². The largest absolute Gasteiger partial charge is 0.492 e. The summed E-state index contributed by atoms with van der Waals surface area (Å²) in [6.07, 6.45) is -0.263. The Kier molecular flexibility index (Phi) is 8.03. The minimum atomic E-state index is -3.87. The van der Waals surface area contributed by atoms with Crippen molar-refractivity contribution in [3.8, 4) is 5.75 Å². The summed E-state index contributed by atoms with van der Waals surface area (Å²) in [6, 6.07) is 14.7. The standard InChI is InChI=1S/C22H29N3O5S/c1-3-29-21-10-9-19(24-17(2)26)13-22(21)31(27,28)23-14-20-16-25(11-12-30-20)15-18-7-5-4-6-8-18/h4-10,13,20,23H,3,11-12,14-16H2,1-2H3,(H,24,26)/t20-/m0/s1. The summed E-state index contributed by atoms with van der Waals surface area (Å²) in [5.41, 5.74) is 1.60. The molecule has 1 amide bonds. The smallest absolute Gasteiger partial charge is 0.244 e. The molecule has 8 nitrogen and oxygen atoms in total. The highest BCUT2D eigenvalue weighted by atomic mass is 32.2. The van der Waals surface area contributed by atoms with Gasteiger partial charge in [-0.25, -0.2) is 13.1 Å². The molecule has 1 aliphatic rings. The second-order valence-corrected chi connectivity index (χ2v) is 9.08. The maximum Gasteiger partial charge on any atom is 0.244 e. The quantitative estimate of drug-likeness (QED) is 0.612. The van der Waals surface area contributed by atoms with Gasteiger partial charge in [0, 0.05) is 38.8 Å². The second kappa shape index (κ2) is 10.7. The van der Waals surface area contributed by atoms with Crippen LogP contribution in [0.25, 0.3) is 0 Å². The molecular formula is C22H29N3O5S. The third-order valence-electron chi connectivity index (χ3n) is 4.83. The minimum Gasteiger partial charge on any atom is -0.492 e. The fourth-order valence-corrected chi connectivity index (χ4v) is 4.68. The molecular weight excluding hydrogens is 418 g/mol. The lowest BCUT2D eigenvalue weighted by Gasteiger charge is -2.33. The number of benzene rings is 2. The van der Waals surface area contributed by atoms with Gasteiger partial charge in [0.05, 0.1) is 19.3 Å². The van der Waals surface area contributed by atoms with Crippen molar-refractivity contribution in [1.29, 1.82) is 0 Å². The molecule has 1 fully saturated rings. The van der Waals surface area contributed by atoms with E-state index in [1.807, 2.05) is 18.2 Å². The van der Waals surface area contributed by atoms with E-state index >= 15 is 0 Å². The molecule has 0 unspecified atom stereocenters. The Balaban J connectivity index is 1.66. The fraction of sp³-hybridized carbons (Fsp3) is 0.409. The molecule has 9 heteroatoms. The van der Waals surface area contributed by atoms with E-state index in [1.54, 1.807) is 19.1 Å². The van der Waals surface area contributed by atoms with Crippen LogP contribution in [0.2, 0.25) is 0 Å². The first-order chi connectivity index (χ1) is 14.9. The van der Waals surface area contributed by atoms with Crippen molar-refractivity contribution in [2.24, 2.45) is 0 Å². The van der Waals surface area contributed by atoms with E-state index in [1.165, 1.54) is 18.6 Å². The van der Waals surface area contributed by atoms with Crippen LogP contribution in [0, 0.1) is 0 Å². The first kappa shape index (κ1) is 23.2. The van der Waals surface area contributed by atoms with Crippen molar-refractivity contribution in [3.05, 3.63) is 54.1 Å². The number of hydrogen-bond donors (Lipinski definition) is 2. The minimum absolute atomic E-state index is 0.0162. The highest BCUT2D eigenvalue weighted by molar-refractivity contribution is 7.89. The number of hydrogen-bond acceptors (Lipinski definition) is 6. The van der Waals surface area contributed by atoms with Gasteiger partial charge in [-0.2, -0.15) is 0 Å². The SMILES string of the molecule is CCOc1ccc(NC(C)=O)cc1S(=O)(=O)NC[C@H]1CN(Cc2ccccc2)CCO1. The van der Waals surface area contributed by atoms with Gasteiger partial charge in [-0.15, -0.1) is 0 Å². The number of amides is 1. The Morgan fingerprint density at radius 2 is 2.00 bits per heavy atom. The molecule has 1 saturated heterocycles. The number of ether oxygens (including phenoxy) is 2. The van der Waals surface area contributed by atoms with Crippen LogP contribution in [0.5, 0.6) is 5.75 Å². The molecule has 0 spiro atoms. The zero-order chi connectivity index (χ0) is 22.3. The van der Waals surface area contributed by atoms with Gasteiger partial charge in [0.25, 0.3) is 0 Å². The second-order valence-electron chi connectivity index (χ2n) is 7.34. The van der Waals surface area contributed by atoms with Crippen LogP contribution >= 0.6 is 0 Å². The summed E-state index contributed by atoms with van der Waals surface area (Å²) < 4.78 is 39.9. The predicted molar refractivity (Wildman–Crippen MR) is 119 cm³/mol. The number of sulfonamides is 1. The van der Waals surface area contributed by atoms with Crippen LogP contribution < -0.4 is 14.8 Å². The Labute approximate surface area is 183 Å². The van der Waals surface area contributed by atoms with Gasteiger partial charge in [0.2, 0.25) is 15.9 Å². The number of carbonyl (C=O) groups excluding carboxylic acids is 1. The highest BCUT2D eigenvalue weighted by Crippen LogP contribution is 2.27. The normalized spacial score (nSPS) is 17.3. The molecule has 1 aliphatic heterocycles. The van der Waals surface area contributed by atoms with Gasteiger partial charge in [-0.3, -0.25) is 9.69 Å². The van der Waals surface area contributed by atoms with Crippen LogP contribution in [0.1, 0.15) is 19.4 Å². The number of rotatable bonds is 9. The molecule has 0 bridgehead atoms. The van der Waals surface area contributed by atoms with Gasteiger partial charge in [0.15, 0.2) is 0 Å². The van der Waals surface area contributed by atoms with Crippen LogP contribution in [0.3, 0.4) is 0 Å². The molecule has 0 radical (unpaired) electrons. The molecule has 0 aliphatic carbocycles. The predicted octanol–water partition coefficient (Wildman–Crippen LogP) is 2.22. The van der Waals surface area contributed by atoms with Crippen molar-refractivity contribution >= 4 is 21.6 Å². The van der Waals surface area contributed by atoms with Crippen molar-refractivity contribution in [3.63, 3.8) is 0 Å². The average Bonchev–Trinajstić information content (AvgIpc) is 2.74. The molecule has 1 atom stereocenters. The van der Waals surface area contributed by atoms with E-state index in [0.29, 0.717) is 25.4 Å². The maximum atomic E-state index is 13.0. The summed E-state index contributed by atoms with van der Waals surface area (Å²) >= 11 is 0. The number of anilines is 1. The van der Waals surface area contributed by atoms with Gasteiger partial charge >= 0.3 is 0 Å². The molecule has 0 aromatic heterocycles. The number of carbonyl (C=O) groups is 1. The first-order valence-electron chi connectivity index (χ1n) is 10.3. The molecule has 2 N–H and O–H groups in total. The van der Waals surface area contributed by atoms with Crippen LogP contribution in [0.15, 0.2) is 53.4 Å². The van der Waals surface area contributed by atoms with Crippen molar-refractivity contribution in [2.45, 2.75) is 31.4 Å². The zero-order valence-electron chi connectivity index (χ0n) is 17.8. The Morgan fingerprint density at radius 1 is 1.23 bits per heavy atom. The van der Waals surface area contributed by atoms with E-state index in [-0.39, 0.29) is 29.2 Å². The van der Waals surface area contributed by atoms with E-state index in [2.05, 4.69) is 27.1 Å². The lowest BCUT2D eigenvalue weighted by molar-refractivity contribution is -0.114. The van der Waals surface area contributed by atoms with E-state index in [4.69, 9.17) is 9.47 Å². The third-order valence-corrected chi connectivity index (χ3v) is 6.27. The Hall–Kier alpha value is -2.46. The molecule has 31 heavy (non-hydrogen) atoms. The molecule has 2 aromatic carbocycles. The maximum absolute atomic E-state index is 13.0. The molecule has 0 saturated carbocycles. The summed E-state index contributed by atoms with van der Waals surface area (Å²) in [5.74, 6) is -0.0473. The van der Waals surface area contributed by atoms with E-state index in [9.17, 15) is 13.2 Å². The van der Waals surface area contributed by atoms with Crippen molar-refractivity contribution in [1.82, 2.24) is 9.62 Å². The average molecular weight is 448 g/mol. The Morgan fingerprint density at radius 3 is 2.71 bits per heavy atom. The summed E-state index contributed by atoms with van der Waals surface area (Å²) in [7, 11) is -3.87. The molecule has 168 valence electrons. The zero-order valence-corrected chi connectivity index (χ0v) is 18.7. The van der Waals surface area contributed by atoms with Crippen LogP contribution in [0.4, 0.5) is 5.69 Å². The topological polar surface area (TPSA) is 97.0 Å². The van der Waals surface area contributed by atoms with Crippen LogP contribution in [-0.2, 0) is 26.1 Å². The summed E-state index contributed by atoms with van der Waals surface area (Å²) in [4.78, 5) is 13.6.